The zero-order chi connectivity index (χ0) is 29.9. The molecule has 2 aromatic carbocycles. The summed E-state index contributed by atoms with van der Waals surface area (Å²) in [6, 6.07) is 12.4. The summed E-state index contributed by atoms with van der Waals surface area (Å²) in [5.41, 5.74) is -0.393. The number of pyridine rings is 1. The number of halogens is 2. The summed E-state index contributed by atoms with van der Waals surface area (Å²) in [6.45, 7) is 4.73. The average molecular weight is 586 g/mol. The molecular weight excluding hydrogens is 556 g/mol. The molecule has 0 saturated heterocycles. The van der Waals surface area contributed by atoms with Crippen LogP contribution in [0.2, 0.25) is 0 Å². The number of aromatic nitrogens is 3. The molecule has 0 aliphatic heterocycles. The second kappa shape index (κ2) is 12.2. The van der Waals surface area contributed by atoms with Crippen LogP contribution in [-0.4, -0.2) is 47.9 Å². The molecule has 4 aromatic rings. The smallest absolute Gasteiger partial charge is 0.296 e. The van der Waals surface area contributed by atoms with Crippen molar-refractivity contribution in [1.82, 2.24) is 14.5 Å². The Morgan fingerprint density at radius 3 is 2.39 bits per heavy atom. The molecule has 1 atom stereocenters. The molecule has 1 N–H and O–H groups in total. The molecule has 0 amide bonds. The molecule has 0 unspecified atom stereocenters. The summed E-state index contributed by atoms with van der Waals surface area (Å²) in [6.07, 6.45) is 0.907. The van der Waals surface area contributed by atoms with E-state index in [1.807, 2.05) is 0 Å². The Kier molecular flexibility index (Phi) is 8.95. The molecule has 4 rings (SSSR count). The van der Waals surface area contributed by atoms with Crippen molar-refractivity contribution >= 4 is 9.84 Å². The van der Waals surface area contributed by atoms with E-state index in [0.29, 0.717) is 11.6 Å². The van der Waals surface area contributed by atoms with Crippen LogP contribution in [0, 0.1) is 18.7 Å². The van der Waals surface area contributed by atoms with Gasteiger partial charge in [-0.05, 0) is 50.1 Å². The van der Waals surface area contributed by atoms with Crippen LogP contribution in [0.25, 0.3) is 11.1 Å². The number of hydrogen-bond acceptors (Lipinski definition) is 8. The van der Waals surface area contributed by atoms with E-state index in [0.717, 1.165) is 12.1 Å². The highest BCUT2D eigenvalue weighted by atomic mass is 32.2. The molecule has 2 heterocycles. The van der Waals surface area contributed by atoms with Crippen LogP contribution in [0.15, 0.2) is 75.4 Å². The number of methoxy groups -OCH3 is 1. The van der Waals surface area contributed by atoms with Crippen LogP contribution >= 0.6 is 0 Å². The third kappa shape index (κ3) is 6.04. The maximum atomic E-state index is 15.3. The van der Waals surface area contributed by atoms with Crippen molar-refractivity contribution < 1.29 is 31.8 Å². The Bertz CT molecular complexity index is 1730. The summed E-state index contributed by atoms with van der Waals surface area (Å²) in [4.78, 5) is 19.0. The van der Waals surface area contributed by atoms with Gasteiger partial charge in [0.1, 0.15) is 18.2 Å². The zero-order valence-corrected chi connectivity index (χ0v) is 23.7. The van der Waals surface area contributed by atoms with E-state index < -0.39 is 48.9 Å². The Balaban J connectivity index is 1.91. The van der Waals surface area contributed by atoms with Crippen LogP contribution in [0.4, 0.5) is 8.78 Å². The van der Waals surface area contributed by atoms with Crippen molar-refractivity contribution in [3.05, 3.63) is 99.9 Å². The van der Waals surface area contributed by atoms with Gasteiger partial charge in [0.25, 0.3) is 5.56 Å². The summed E-state index contributed by atoms with van der Waals surface area (Å²) in [5.74, 6) is -2.69. The predicted molar refractivity (Wildman–Crippen MR) is 146 cm³/mol. The number of ether oxygens (including phenoxy) is 2. The second-order valence-corrected chi connectivity index (χ2v) is 11.4. The van der Waals surface area contributed by atoms with Crippen LogP contribution in [-0.2, 0) is 25.9 Å². The van der Waals surface area contributed by atoms with Crippen LogP contribution in [0.3, 0.4) is 0 Å². The van der Waals surface area contributed by atoms with Gasteiger partial charge in [-0.15, -0.1) is 0 Å². The van der Waals surface area contributed by atoms with Gasteiger partial charge < -0.3 is 14.6 Å². The average Bonchev–Trinajstić information content (AvgIpc) is 2.93. The molecule has 216 valence electrons. The molecule has 41 heavy (non-hydrogen) atoms. The second-order valence-electron chi connectivity index (χ2n) is 9.52. The first-order valence-corrected chi connectivity index (χ1v) is 14.1. The Labute approximate surface area is 236 Å². The molecule has 0 aliphatic rings. The van der Waals surface area contributed by atoms with Gasteiger partial charge in [-0.3, -0.25) is 9.36 Å². The molecule has 0 fully saturated rings. The minimum absolute atomic E-state index is 0.0124. The first kappa shape index (κ1) is 30.0. The van der Waals surface area contributed by atoms with Gasteiger partial charge in [0.2, 0.25) is 21.7 Å². The van der Waals surface area contributed by atoms with E-state index in [9.17, 15) is 22.7 Å². The van der Waals surface area contributed by atoms with Gasteiger partial charge in [-0.1, -0.05) is 36.4 Å². The summed E-state index contributed by atoms with van der Waals surface area (Å²) in [7, 11) is -3.36. The first-order valence-electron chi connectivity index (χ1n) is 12.6. The summed E-state index contributed by atoms with van der Waals surface area (Å²) >= 11 is 0. The minimum atomic E-state index is -4.80. The number of rotatable bonds is 10. The molecule has 0 saturated carbocycles. The van der Waals surface area contributed by atoms with Gasteiger partial charge in [-0.2, -0.15) is 9.37 Å². The lowest BCUT2D eigenvalue weighted by Gasteiger charge is -2.26. The summed E-state index contributed by atoms with van der Waals surface area (Å²) < 4.78 is 68.9. The van der Waals surface area contributed by atoms with Gasteiger partial charge >= 0.3 is 0 Å². The van der Waals surface area contributed by atoms with Crippen molar-refractivity contribution in [3.63, 3.8) is 0 Å². The van der Waals surface area contributed by atoms with Crippen molar-refractivity contribution in [2.24, 2.45) is 0 Å². The first-order chi connectivity index (χ1) is 19.5. The molecule has 12 heteroatoms. The van der Waals surface area contributed by atoms with Crippen molar-refractivity contribution in [2.45, 2.75) is 49.3 Å². The fraction of sp³-hybridized carbons (Fsp3) is 0.276. The number of sulfone groups is 1. The van der Waals surface area contributed by atoms with Crippen molar-refractivity contribution in [3.8, 4) is 17.0 Å². The van der Waals surface area contributed by atoms with E-state index in [1.165, 1.54) is 30.9 Å². The maximum Gasteiger partial charge on any atom is 0.296 e. The van der Waals surface area contributed by atoms with Gasteiger partial charge in [0, 0.05) is 24.4 Å². The van der Waals surface area contributed by atoms with Gasteiger partial charge in [-0.25, -0.2) is 17.8 Å². The van der Waals surface area contributed by atoms with Crippen molar-refractivity contribution in [2.75, 3.05) is 13.7 Å². The van der Waals surface area contributed by atoms with Gasteiger partial charge in [0.05, 0.1) is 23.6 Å². The number of aromatic hydroxyl groups is 1. The number of nitrogens with zero attached hydrogens (tertiary/aromatic N) is 3. The normalized spacial score (nSPS) is 12.6. The Morgan fingerprint density at radius 2 is 1.76 bits per heavy atom. The highest BCUT2D eigenvalue weighted by molar-refractivity contribution is 7.91. The highest BCUT2D eigenvalue weighted by Crippen LogP contribution is 2.34. The zero-order valence-electron chi connectivity index (χ0n) is 22.8. The maximum absolute atomic E-state index is 15.3. The minimum Gasteiger partial charge on any atom is -0.493 e. The largest absolute Gasteiger partial charge is 0.493 e. The lowest BCUT2D eigenvalue weighted by molar-refractivity contribution is 0.0554. The predicted octanol–water partition coefficient (Wildman–Crippen LogP) is 4.59. The molecule has 9 nitrogen and oxygen atoms in total. The SMILES string of the molecule is COC[C@@H](c1ccccc1)n1c(COC(C)C)nc(=O)c(S(=O)(=O)c2ccc(-c3ccnc(F)c3C)c(F)c2)c1O. The lowest BCUT2D eigenvalue weighted by atomic mass is 10.0. The monoisotopic (exact) mass is 585 g/mol. The number of benzene rings is 2. The van der Waals surface area contributed by atoms with Crippen LogP contribution < -0.4 is 5.56 Å². The molecule has 0 bridgehead atoms. The van der Waals surface area contributed by atoms with Gasteiger partial charge in [0.15, 0.2) is 4.90 Å². The third-order valence-electron chi connectivity index (χ3n) is 6.45. The Hall–Kier alpha value is -4.00. The topological polar surface area (TPSA) is 121 Å². The van der Waals surface area contributed by atoms with Crippen molar-refractivity contribution in [1.29, 1.82) is 0 Å². The molecule has 0 radical (unpaired) electrons. The molecule has 0 aliphatic carbocycles. The highest BCUT2D eigenvalue weighted by Gasteiger charge is 2.33. The van der Waals surface area contributed by atoms with Crippen LogP contribution in [0.1, 0.15) is 36.8 Å². The molecule has 0 spiro atoms. The standard InChI is InChI=1S/C29H29F2N3O6S/c1-17(2)40-16-25-33-28(35)26(29(36)34(25)24(15-39-4)19-8-6-5-7-9-19)41(37,38)20-10-11-22(23(30)14-20)21-12-13-32-27(31)18(21)3/h5-14,17,24,36H,15-16H2,1-4H3/t24-/m0/s1. The van der Waals surface area contributed by atoms with Crippen LogP contribution in [0.5, 0.6) is 5.88 Å². The molecule has 2 aromatic heterocycles. The lowest BCUT2D eigenvalue weighted by Crippen LogP contribution is -2.29. The third-order valence-corrected chi connectivity index (χ3v) is 8.22. The quantitative estimate of drug-likeness (QED) is 0.268. The number of hydrogen-bond donors (Lipinski definition) is 1. The summed E-state index contributed by atoms with van der Waals surface area (Å²) in [5, 5.41) is 11.4. The fourth-order valence-corrected chi connectivity index (χ4v) is 5.76. The van der Waals surface area contributed by atoms with E-state index in [4.69, 9.17) is 9.47 Å². The van der Waals surface area contributed by atoms with E-state index in [1.54, 1.807) is 44.2 Å². The van der Waals surface area contributed by atoms with E-state index >= 15 is 4.39 Å². The van der Waals surface area contributed by atoms with E-state index in [2.05, 4.69) is 9.97 Å². The Morgan fingerprint density at radius 1 is 1.05 bits per heavy atom. The van der Waals surface area contributed by atoms with E-state index in [-0.39, 0.29) is 41.8 Å². The fourth-order valence-electron chi connectivity index (χ4n) is 4.41. The molecular formula is C29H29F2N3O6S.